The highest BCUT2D eigenvalue weighted by Crippen LogP contribution is 1.71. The minimum Gasteiger partial charge on any atom is -0.478 e. The van der Waals surface area contributed by atoms with E-state index in [1.54, 1.807) is 0 Å². The van der Waals surface area contributed by atoms with Gasteiger partial charge in [-0.15, -0.1) is 0 Å². The lowest BCUT2D eigenvalue weighted by atomic mass is 10.5. The summed E-state index contributed by atoms with van der Waals surface area (Å²) in [5, 5.41) is 36.7. The maximum Gasteiger partial charge on any atom is 0.328 e. The highest BCUT2D eigenvalue weighted by atomic mass is 19.3. The van der Waals surface area contributed by atoms with Gasteiger partial charge in [0.15, 0.2) is 0 Å². The molecule has 0 heterocycles. The van der Waals surface area contributed by atoms with E-state index in [2.05, 4.69) is 0 Å². The first-order chi connectivity index (χ1) is 8.25. The van der Waals surface area contributed by atoms with Gasteiger partial charge in [-0.1, -0.05) is 4.53 Å². The Balaban J connectivity index is -0.000000219. The molecule has 0 aliphatic heterocycles. The third-order valence-corrected chi connectivity index (χ3v) is 0.737. The third kappa shape index (κ3) is 37.8. The Morgan fingerprint density at radius 1 is 0.556 bits per heavy atom. The van der Waals surface area contributed by atoms with Gasteiger partial charge in [0.2, 0.25) is 0 Å². The van der Waals surface area contributed by atoms with Crippen molar-refractivity contribution in [3.63, 3.8) is 0 Å². The van der Waals surface area contributed by atoms with Crippen molar-refractivity contribution in [1.82, 2.24) is 0 Å². The normalized spacial score (nSPS) is 8.78. The van der Waals surface area contributed by atoms with Gasteiger partial charge < -0.3 is 20.4 Å². The smallest absolute Gasteiger partial charge is 0.328 e. The van der Waals surface area contributed by atoms with E-state index < -0.39 is 23.9 Å². The second-order valence-corrected chi connectivity index (χ2v) is 2.02. The number of carboxylic acid groups (broad SMARTS) is 4. The van der Waals surface area contributed by atoms with Crippen LogP contribution in [0.2, 0.25) is 0 Å². The molecule has 0 aromatic carbocycles. The number of carbonyl (C=O) groups is 4. The van der Waals surface area contributed by atoms with E-state index >= 15 is 0 Å². The van der Waals surface area contributed by atoms with E-state index in [9.17, 15) is 19.2 Å². The topological polar surface area (TPSA) is 169 Å². The molecule has 0 atom stereocenters. The molecule has 0 saturated carbocycles. The lowest BCUT2D eigenvalue weighted by Gasteiger charge is -1.74. The fourth-order valence-electron chi connectivity index (χ4n) is 0.285. The molecule has 0 fully saturated rings. The van der Waals surface area contributed by atoms with Gasteiger partial charge in [-0.25, -0.2) is 24.5 Å². The van der Waals surface area contributed by atoms with E-state index in [0.29, 0.717) is 24.3 Å². The molecule has 10 heteroatoms. The molecule has 18 heavy (non-hydrogen) atoms. The van der Waals surface area contributed by atoms with Gasteiger partial charge >= 0.3 is 23.9 Å². The number of hydrogen-bond donors (Lipinski definition) is 5. The largest absolute Gasteiger partial charge is 0.478 e. The van der Waals surface area contributed by atoms with Crippen molar-refractivity contribution in [3.8, 4) is 0 Å². The summed E-state index contributed by atoms with van der Waals surface area (Å²) in [4.78, 5) is 38.2. The van der Waals surface area contributed by atoms with Gasteiger partial charge in [-0.2, -0.15) is 0 Å². The Labute approximate surface area is 98.6 Å². The van der Waals surface area contributed by atoms with Gasteiger partial charge in [0, 0.05) is 24.3 Å². The van der Waals surface area contributed by atoms with Crippen LogP contribution in [0.5, 0.6) is 0 Å². The summed E-state index contributed by atoms with van der Waals surface area (Å²) in [7, 11) is 0. The minimum absolute atomic E-state index is 0.558. The molecule has 0 aliphatic carbocycles. The summed E-state index contributed by atoms with van der Waals surface area (Å²) in [6, 6.07) is 0. The molecule has 9 nitrogen and oxygen atoms in total. The molecule has 0 aliphatic rings. The van der Waals surface area contributed by atoms with Crippen LogP contribution < -0.4 is 0 Å². The van der Waals surface area contributed by atoms with Crippen LogP contribution in [0.1, 0.15) is 0 Å². The molecular formula is C8H9FO9. The Bertz CT molecular complexity index is 278. The Morgan fingerprint density at radius 2 is 0.667 bits per heavy atom. The average molecular weight is 268 g/mol. The monoisotopic (exact) mass is 268 g/mol. The molecule has 0 unspecified atom stereocenters. The second kappa shape index (κ2) is 14.2. The zero-order valence-electron chi connectivity index (χ0n) is 8.56. The molecule has 102 valence electrons. The van der Waals surface area contributed by atoms with E-state index in [0.717, 1.165) is 0 Å². The predicted octanol–water partition coefficient (Wildman–Crippen LogP) is -0.713. The first-order valence-corrected chi connectivity index (χ1v) is 3.70. The van der Waals surface area contributed by atoms with E-state index in [4.69, 9.17) is 30.3 Å². The number of hydrogen-bond acceptors (Lipinski definition) is 5. The number of aliphatic carboxylic acids is 4. The molecule has 0 rings (SSSR count). The fourth-order valence-corrected chi connectivity index (χ4v) is 0.285. The van der Waals surface area contributed by atoms with Crippen LogP contribution in [0, 0.1) is 0 Å². The van der Waals surface area contributed by atoms with Crippen LogP contribution in [0.3, 0.4) is 0 Å². The average Bonchev–Trinajstić information content (AvgIpc) is 2.27. The first kappa shape index (κ1) is 20.6. The Hall–Kier alpha value is -2.75. The van der Waals surface area contributed by atoms with Crippen LogP contribution in [0.25, 0.3) is 0 Å². The van der Waals surface area contributed by atoms with E-state index in [1.165, 1.54) is 0 Å². The molecule has 0 bridgehead atoms. The molecule has 0 aromatic heterocycles. The lowest BCUT2D eigenvalue weighted by molar-refractivity contribution is -0.134. The number of carboxylic acids is 4. The summed E-state index contributed by atoms with van der Waals surface area (Å²) in [6.45, 7) is 0. The van der Waals surface area contributed by atoms with Gasteiger partial charge in [0.1, 0.15) is 0 Å². The second-order valence-electron chi connectivity index (χ2n) is 2.02. The van der Waals surface area contributed by atoms with Gasteiger partial charge in [-0.05, 0) is 0 Å². The minimum atomic E-state index is -1.26. The van der Waals surface area contributed by atoms with Gasteiger partial charge in [-0.3, -0.25) is 0 Å². The molecule has 0 aromatic rings. The maximum absolute atomic E-state index is 9.55. The van der Waals surface area contributed by atoms with Crippen LogP contribution >= 0.6 is 0 Å². The van der Waals surface area contributed by atoms with Crippen molar-refractivity contribution in [2.45, 2.75) is 0 Å². The summed E-state index contributed by atoms with van der Waals surface area (Å²) in [6.07, 6.45) is 2.23. The maximum atomic E-state index is 9.55. The van der Waals surface area contributed by atoms with Crippen molar-refractivity contribution in [3.05, 3.63) is 24.3 Å². The highest BCUT2D eigenvalue weighted by Gasteiger charge is 1.88. The predicted molar refractivity (Wildman–Crippen MR) is 52.1 cm³/mol. The molecule has 0 radical (unpaired) electrons. The Morgan fingerprint density at radius 3 is 0.722 bits per heavy atom. The van der Waals surface area contributed by atoms with E-state index in [-0.39, 0.29) is 0 Å². The summed E-state index contributed by atoms with van der Waals surface area (Å²) >= 11 is 0. The summed E-state index contributed by atoms with van der Waals surface area (Å²) in [5.41, 5.74) is 0. The number of rotatable bonds is 4. The van der Waals surface area contributed by atoms with Crippen molar-refractivity contribution < 1.29 is 49.4 Å². The van der Waals surface area contributed by atoms with Crippen LogP contribution in [-0.2, 0) is 19.2 Å². The lowest BCUT2D eigenvalue weighted by Crippen LogP contribution is -1.91. The van der Waals surface area contributed by atoms with Gasteiger partial charge in [0.25, 0.3) is 0 Å². The van der Waals surface area contributed by atoms with Crippen molar-refractivity contribution in [2.75, 3.05) is 0 Å². The molecule has 0 amide bonds. The fraction of sp³-hybridized carbons (Fsp3) is 0. The highest BCUT2D eigenvalue weighted by molar-refractivity contribution is 5.90. The number of halogens is 1. The van der Waals surface area contributed by atoms with Gasteiger partial charge in [0.05, 0.1) is 0 Å². The van der Waals surface area contributed by atoms with E-state index in [1.807, 2.05) is 0 Å². The quantitative estimate of drug-likeness (QED) is 0.413. The molecule has 0 saturated heterocycles. The zero-order chi connectivity index (χ0) is 15.1. The SMILES string of the molecule is O=C(O)/C=C\C(=O)O.O=C(O)/C=C\C(=O)O.OF. The van der Waals surface area contributed by atoms with Crippen LogP contribution in [0.4, 0.5) is 4.53 Å². The molecule has 5 N–H and O–H groups in total. The summed E-state index contributed by atoms with van der Waals surface area (Å²) < 4.78 is 8.50. The zero-order valence-corrected chi connectivity index (χ0v) is 8.56. The third-order valence-electron chi connectivity index (χ3n) is 0.737. The molecule has 0 spiro atoms. The van der Waals surface area contributed by atoms with Crippen molar-refractivity contribution >= 4 is 23.9 Å². The van der Waals surface area contributed by atoms with Crippen molar-refractivity contribution in [2.24, 2.45) is 0 Å². The van der Waals surface area contributed by atoms with Crippen LogP contribution in [-0.4, -0.2) is 49.6 Å². The van der Waals surface area contributed by atoms with Crippen LogP contribution in [0.15, 0.2) is 24.3 Å². The first-order valence-electron chi connectivity index (χ1n) is 3.70. The summed E-state index contributed by atoms with van der Waals surface area (Å²) in [5.74, 6) is -5.03. The Kier molecular flexibility index (Phi) is 16.3. The van der Waals surface area contributed by atoms with Crippen molar-refractivity contribution in [1.29, 1.82) is 0 Å². The standard InChI is InChI=1S/2C4H4O4.FHO/c2*5-3(6)1-2-4(7)8;1-2/h2*1-2H,(H,5,6)(H,7,8);2H/b2*2-1-;. The molecular weight excluding hydrogens is 259 g/mol.